The first kappa shape index (κ1) is 15.9. The second kappa shape index (κ2) is 6.38. The van der Waals surface area contributed by atoms with Crippen LogP contribution in [0.5, 0.6) is 5.75 Å². The Morgan fingerprint density at radius 1 is 1.24 bits per heavy atom. The summed E-state index contributed by atoms with van der Waals surface area (Å²) in [4.78, 5) is 13.6. The van der Waals surface area contributed by atoms with Crippen molar-refractivity contribution in [2.75, 3.05) is 24.6 Å². The highest BCUT2D eigenvalue weighted by Gasteiger charge is 2.40. The maximum atomic E-state index is 11.6. The molecule has 1 aromatic heterocycles. The van der Waals surface area contributed by atoms with Gasteiger partial charge in [-0.3, -0.25) is 0 Å². The van der Waals surface area contributed by atoms with Crippen molar-refractivity contribution in [3.8, 4) is 5.75 Å². The third kappa shape index (κ3) is 3.06. The molecule has 0 atom stereocenters. The number of benzene rings is 1. The summed E-state index contributed by atoms with van der Waals surface area (Å²) in [6, 6.07) is 8.62. The highest BCUT2D eigenvalue weighted by atomic mass is 16.5. The van der Waals surface area contributed by atoms with Gasteiger partial charge in [-0.1, -0.05) is 28.4 Å². The molecule has 3 heterocycles. The maximum absolute atomic E-state index is 11.6. The standard InChI is InChI=1S/C18H21N3O4/c1-2-23-16(22)15-19-20-17(24-15)21-11-9-18(10-12-21)8-7-13-5-3-4-6-14(13)25-18/h3-6H,2,7-12H2,1H3. The van der Waals surface area contributed by atoms with Gasteiger partial charge in [0, 0.05) is 25.9 Å². The second-order valence-electron chi connectivity index (χ2n) is 6.49. The molecule has 2 aromatic rings. The largest absolute Gasteiger partial charge is 0.487 e. The molecule has 7 heteroatoms. The van der Waals surface area contributed by atoms with Crippen molar-refractivity contribution in [2.45, 2.75) is 38.2 Å². The zero-order valence-electron chi connectivity index (χ0n) is 14.2. The van der Waals surface area contributed by atoms with E-state index in [1.54, 1.807) is 6.92 Å². The van der Waals surface area contributed by atoms with Crippen molar-refractivity contribution >= 4 is 12.0 Å². The van der Waals surface area contributed by atoms with Gasteiger partial charge < -0.3 is 18.8 Å². The number of para-hydroxylation sites is 1. The molecular weight excluding hydrogens is 322 g/mol. The Kier molecular flexibility index (Phi) is 4.07. The van der Waals surface area contributed by atoms with E-state index in [-0.39, 0.29) is 18.1 Å². The third-order valence-electron chi connectivity index (χ3n) is 4.96. The lowest BCUT2D eigenvalue weighted by atomic mass is 9.83. The number of hydrogen-bond acceptors (Lipinski definition) is 7. The van der Waals surface area contributed by atoms with Crippen LogP contribution in [0.3, 0.4) is 0 Å². The van der Waals surface area contributed by atoms with Crippen LogP contribution >= 0.6 is 0 Å². The second-order valence-corrected chi connectivity index (χ2v) is 6.49. The molecule has 1 saturated heterocycles. The third-order valence-corrected chi connectivity index (χ3v) is 4.96. The first-order valence-electron chi connectivity index (χ1n) is 8.72. The van der Waals surface area contributed by atoms with Crippen molar-refractivity contribution < 1.29 is 18.7 Å². The molecule has 7 nitrogen and oxygen atoms in total. The summed E-state index contributed by atoms with van der Waals surface area (Å²) in [5, 5.41) is 7.76. The molecule has 0 unspecified atom stereocenters. The van der Waals surface area contributed by atoms with Gasteiger partial charge in [-0.2, -0.15) is 0 Å². The Morgan fingerprint density at radius 3 is 2.84 bits per heavy atom. The van der Waals surface area contributed by atoms with E-state index >= 15 is 0 Å². The monoisotopic (exact) mass is 343 g/mol. The molecule has 1 fully saturated rings. The molecular formula is C18H21N3O4. The normalized spacial score (nSPS) is 18.5. The Hall–Kier alpha value is -2.57. The SMILES string of the molecule is CCOC(=O)c1nnc(N2CCC3(CCc4ccccc4O3)CC2)o1. The zero-order valence-corrected chi connectivity index (χ0v) is 14.2. The molecule has 4 rings (SSSR count). The molecule has 0 amide bonds. The van der Waals surface area contributed by atoms with Gasteiger partial charge in [0.25, 0.3) is 0 Å². The predicted molar refractivity (Wildman–Crippen MR) is 89.8 cm³/mol. The molecule has 1 aromatic carbocycles. The number of fused-ring (bicyclic) bond motifs is 1. The molecule has 0 aliphatic carbocycles. The number of aryl methyl sites for hydroxylation is 1. The summed E-state index contributed by atoms with van der Waals surface area (Å²) in [5.74, 6) is 0.325. The molecule has 2 aliphatic rings. The first-order chi connectivity index (χ1) is 12.2. The van der Waals surface area contributed by atoms with Crippen LogP contribution in [0, 0.1) is 0 Å². The first-order valence-corrected chi connectivity index (χ1v) is 8.72. The Balaban J connectivity index is 1.41. The summed E-state index contributed by atoms with van der Waals surface area (Å²) < 4.78 is 16.7. The summed E-state index contributed by atoms with van der Waals surface area (Å²) in [6.45, 7) is 3.53. The summed E-state index contributed by atoms with van der Waals surface area (Å²) in [5.41, 5.74) is 1.17. The average molecular weight is 343 g/mol. The van der Waals surface area contributed by atoms with E-state index in [1.807, 2.05) is 17.0 Å². The molecule has 0 saturated carbocycles. The van der Waals surface area contributed by atoms with Crippen LogP contribution in [-0.4, -0.2) is 41.5 Å². The number of ether oxygens (including phenoxy) is 2. The van der Waals surface area contributed by atoms with Crippen LogP contribution in [0.4, 0.5) is 6.01 Å². The van der Waals surface area contributed by atoms with Crippen LogP contribution in [0.15, 0.2) is 28.7 Å². The van der Waals surface area contributed by atoms with E-state index in [1.165, 1.54) is 5.56 Å². The average Bonchev–Trinajstić information content (AvgIpc) is 3.13. The summed E-state index contributed by atoms with van der Waals surface area (Å²) in [7, 11) is 0. The number of rotatable bonds is 3. The number of piperidine rings is 1. The molecule has 132 valence electrons. The minimum atomic E-state index is -0.582. The van der Waals surface area contributed by atoms with E-state index in [4.69, 9.17) is 13.9 Å². The van der Waals surface area contributed by atoms with Crippen molar-refractivity contribution in [1.29, 1.82) is 0 Å². The van der Waals surface area contributed by atoms with Gasteiger partial charge in [-0.15, -0.1) is 0 Å². The van der Waals surface area contributed by atoms with Gasteiger partial charge in [-0.05, 0) is 31.4 Å². The minimum Gasteiger partial charge on any atom is -0.487 e. The Labute approximate surface area is 145 Å². The molecule has 2 aliphatic heterocycles. The van der Waals surface area contributed by atoms with Gasteiger partial charge in [-0.25, -0.2) is 4.79 Å². The fourth-order valence-corrected chi connectivity index (χ4v) is 3.53. The Bertz CT molecular complexity index is 765. The summed E-state index contributed by atoms with van der Waals surface area (Å²) in [6.07, 6.45) is 3.84. The molecule has 0 bridgehead atoms. The van der Waals surface area contributed by atoms with Gasteiger partial charge >= 0.3 is 17.9 Å². The lowest BCUT2D eigenvalue weighted by molar-refractivity contribution is 0.0217. The number of hydrogen-bond donors (Lipinski definition) is 0. The lowest BCUT2D eigenvalue weighted by Gasteiger charge is -2.44. The number of carbonyl (C=O) groups excluding carboxylic acids is 1. The van der Waals surface area contributed by atoms with Gasteiger partial charge in [0.15, 0.2) is 0 Å². The number of carbonyl (C=O) groups is 1. The van der Waals surface area contributed by atoms with Crippen LogP contribution in [0.25, 0.3) is 0 Å². The van der Waals surface area contributed by atoms with Crippen molar-refractivity contribution in [3.05, 3.63) is 35.7 Å². The predicted octanol–water partition coefficient (Wildman–Crippen LogP) is 2.61. The highest BCUT2D eigenvalue weighted by Crippen LogP contribution is 2.39. The topological polar surface area (TPSA) is 77.7 Å². The number of nitrogens with zero attached hydrogens (tertiary/aromatic N) is 3. The molecule has 0 N–H and O–H groups in total. The van der Waals surface area contributed by atoms with E-state index in [9.17, 15) is 4.79 Å². The van der Waals surface area contributed by atoms with Crippen LogP contribution in [0.1, 0.15) is 42.4 Å². The number of anilines is 1. The van der Waals surface area contributed by atoms with Crippen LogP contribution in [0.2, 0.25) is 0 Å². The highest BCUT2D eigenvalue weighted by molar-refractivity contribution is 5.84. The number of esters is 1. The van der Waals surface area contributed by atoms with E-state index in [0.29, 0.717) is 6.01 Å². The van der Waals surface area contributed by atoms with Crippen LogP contribution in [-0.2, 0) is 11.2 Å². The molecule has 1 spiro atoms. The summed E-state index contributed by atoms with van der Waals surface area (Å²) >= 11 is 0. The van der Waals surface area contributed by atoms with Crippen molar-refractivity contribution in [2.24, 2.45) is 0 Å². The van der Waals surface area contributed by atoms with E-state index < -0.39 is 5.97 Å². The van der Waals surface area contributed by atoms with Crippen molar-refractivity contribution in [3.63, 3.8) is 0 Å². The minimum absolute atomic E-state index is 0.0972. The Morgan fingerprint density at radius 2 is 2.04 bits per heavy atom. The van der Waals surface area contributed by atoms with Crippen molar-refractivity contribution in [1.82, 2.24) is 10.2 Å². The van der Waals surface area contributed by atoms with Crippen LogP contribution < -0.4 is 9.64 Å². The molecule has 0 radical (unpaired) electrons. The fourth-order valence-electron chi connectivity index (χ4n) is 3.53. The quantitative estimate of drug-likeness (QED) is 0.793. The van der Waals surface area contributed by atoms with Gasteiger partial charge in [0.2, 0.25) is 0 Å². The maximum Gasteiger partial charge on any atom is 0.396 e. The lowest BCUT2D eigenvalue weighted by Crippen LogP contribution is -2.49. The van der Waals surface area contributed by atoms with Gasteiger partial charge in [0.1, 0.15) is 11.4 Å². The smallest absolute Gasteiger partial charge is 0.396 e. The van der Waals surface area contributed by atoms with Gasteiger partial charge in [0.05, 0.1) is 6.61 Å². The van der Waals surface area contributed by atoms with E-state index in [0.717, 1.165) is 44.5 Å². The zero-order chi connectivity index (χ0) is 17.3. The van der Waals surface area contributed by atoms with E-state index in [2.05, 4.69) is 22.3 Å². The molecule has 25 heavy (non-hydrogen) atoms. The number of aromatic nitrogens is 2. The fraction of sp³-hybridized carbons (Fsp3) is 0.500.